The summed E-state index contributed by atoms with van der Waals surface area (Å²) >= 11 is 0. The Hall–Kier alpha value is -4.17. The van der Waals surface area contributed by atoms with Gasteiger partial charge in [0.05, 0.1) is 22.8 Å². The molecule has 9 rings (SSSR count). The van der Waals surface area contributed by atoms with Crippen LogP contribution in [-0.4, -0.2) is 4.98 Å². The van der Waals surface area contributed by atoms with Gasteiger partial charge in [-0.1, -0.05) is 60.7 Å². The van der Waals surface area contributed by atoms with Crippen LogP contribution in [0.4, 0.5) is 17.1 Å². The van der Waals surface area contributed by atoms with E-state index in [1.54, 1.807) is 11.1 Å². The first kappa shape index (κ1) is 18.2. The molecule has 2 aliphatic carbocycles. The quantitative estimate of drug-likeness (QED) is 0.240. The summed E-state index contributed by atoms with van der Waals surface area (Å²) in [5.41, 5.74) is 21.2. The summed E-state index contributed by atoms with van der Waals surface area (Å²) in [6, 6.07) is 29.6. The van der Waals surface area contributed by atoms with Crippen molar-refractivity contribution < 1.29 is 0 Å². The van der Waals surface area contributed by atoms with Gasteiger partial charge in [-0.25, -0.2) is 0 Å². The highest BCUT2D eigenvalue weighted by Crippen LogP contribution is 2.55. The van der Waals surface area contributed by atoms with Gasteiger partial charge in [-0.15, -0.1) is 0 Å². The predicted octanol–water partition coefficient (Wildman–Crippen LogP) is 7.50. The minimum absolute atomic E-state index is 0.908. The topological polar surface area (TPSA) is 16.1 Å². The zero-order valence-corrected chi connectivity index (χ0v) is 19.3. The van der Waals surface area contributed by atoms with E-state index in [0.29, 0.717) is 0 Å². The van der Waals surface area contributed by atoms with Crippen molar-refractivity contribution in [3.8, 4) is 22.3 Å². The van der Waals surface area contributed by atoms with Crippen LogP contribution in [0.25, 0.3) is 22.3 Å². The lowest BCUT2D eigenvalue weighted by molar-refractivity contribution is 0.971. The van der Waals surface area contributed by atoms with Gasteiger partial charge in [0.2, 0.25) is 0 Å². The molecule has 0 N–H and O–H groups in total. The van der Waals surface area contributed by atoms with Gasteiger partial charge >= 0.3 is 0 Å². The maximum atomic E-state index is 4.77. The maximum Gasteiger partial charge on any atom is 0.0688 e. The van der Waals surface area contributed by atoms with Gasteiger partial charge in [-0.2, -0.15) is 0 Å². The van der Waals surface area contributed by atoms with Crippen molar-refractivity contribution in [1.29, 1.82) is 0 Å². The first-order valence-corrected chi connectivity index (χ1v) is 12.6. The van der Waals surface area contributed by atoms with E-state index in [1.807, 2.05) is 6.20 Å². The molecule has 0 saturated heterocycles. The fourth-order valence-electron chi connectivity index (χ4n) is 7.19. The molecule has 0 atom stereocenters. The number of nitrogens with zero attached hydrogens (tertiary/aromatic N) is 2. The molecule has 2 heteroatoms. The monoisotopic (exact) mass is 446 g/mol. The summed E-state index contributed by atoms with van der Waals surface area (Å²) in [4.78, 5) is 7.27. The van der Waals surface area contributed by atoms with Crippen LogP contribution in [0.2, 0.25) is 0 Å². The molecular weight excluding hydrogens is 424 g/mol. The minimum atomic E-state index is 0.908. The Bertz CT molecular complexity index is 1760. The normalized spacial score (nSPS) is 14.9. The van der Waals surface area contributed by atoms with E-state index in [-0.39, 0.29) is 0 Å². The van der Waals surface area contributed by atoms with Crippen LogP contribution in [-0.2, 0) is 25.7 Å². The number of rotatable bonds is 0. The number of para-hydroxylation sites is 1. The lowest BCUT2D eigenvalue weighted by Gasteiger charge is -2.39. The van der Waals surface area contributed by atoms with E-state index < -0.39 is 0 Å². The lowest BCUT2D eigenvalue weighted by Crippen LogP contribution is -2.25. The molecule has 4 aliphatic rings. The standard InChI is InChI=1S/C33H22N2/c1-2-8-23-19(5-1)15-26-24(23)11-12-25-27(26)16-20-10-13-30-28(32(20)25)17-21-6-3-7-22-18-29-31(9-4-14-34-29)35(30)33(21)22/h1-14H,15-18H2. The highest BCUT2D eigenvalue weighted by molar-refractivity contribution is 5.95. The molecule has 0 saturated carbocycles. The summed E-state index contributed by atoms with van der Waals surface area (Å²) in [7, 11) is 0. The Morgan fingerprint density at radius 2 is 1.29 bits per heavy atom. The van der Waals surface area contributed by atoms with Crippen molar-refractivity contribution >= 4 is 17.1 Å². The Balaban J connectivity index is 1.29. The zero-order valence-electron chi connectivity index (χ0n) is 19.3. The van der Waals surface area contributed by atoms with E-state index >= 15 is 0 Å². The molecule has 0 amide bonds. The fourth-order valence-corrected chi connectivity index (χ4v) is 7.19. The van der Waals surface area contributed by atoms with Gasteiger partial charge in [0, 0.05) is 19.0 Å². The summed E-state index contributed by atoms with van der Waals surface area (Å²) in [6.45, 7) is 0. The van der Waals surface area contributed by atoms with Crippen LogP contribution < -0.4 is 4.90 Å². The number of anilines is 3. The molecule has 0 radical (unpaired) electrons. The molecule has 0 fully saturated rings. The highest BCUT2D eigenvalue weighted by atomic mass is 15.2. The van der Waals surface area contributed by atoms with Gasteiger partial charge in [-0.3, -0.25) is 4.98 Å². The molecule has 2 nitrogen and oxygen atoms in total. The second kappa shape index (κ2) is 6.28. The summed E-state index contributed by atoms with van der Waals surface area (Å²) < 4.78 is 0. The van der Waals surface area contributed by atoms with Crippen molar-refractivity contribution in [3.05, 3.63) is 130 Å². The summed E-state index contributed by atoms with van der Waals surface area (Å²) in [5.74, 6) is 0. The molecule has 0 spiro atoms. The second-order valence-corrected chi connectivity index (χ2v) is 10.3. The number of hydrogen-bond acceptors (Lipinski definition) is 2. The molecular formula is C33H22N2. The van der Waals surface area contributed by atoms with Gasteiger partial charge in [0.15, 0.2) is 0 Å². The van der Waals surface area contributed by atoms with Crippen molar-refractivity contribution in [2.45, 2.75) is 25.7 Å². The Morgan fingerprint density at radius 3 is 2.26 bits per heavy atom. The fraction of sp³-hybridized carbons (Fsp3) is 0.121. The molecule has 0 bridgehead atoms. The molecule has 35 heavy (non-hydrogen) atoms. The van der Waals surface area contributed by atoms with Gasteiger partial charge in [-0.05, 0) is 92.2 Å². The van der Waals surface area contributed by atoms with Crippen LogP contribution in [0.1, 0.15) is 44.6 Å². The Labute approximate surface area is 204 Å². The number of benzene rings is 4. The van der Waals surface area contributed by atoms with Gasteiger partial charge < -0.3 is 4.90 Å². The SMILES string of the molecule is c1ccc2c(c1)Cc1c-2ccc2c1Cc1ccc3c(c1-2)Cc1cccc2c1N3c1cccnc1C2. The third kappa shape index (κ3) is 2.23. The molecule has 5 aromatic rings. The first-order chi connectivity index (χ1) is 17.3. The third-order valence-corrected chi connectivity index (χ3v) is 8.62. The van der Waals surface area contributed by atoms with Crippen molar-refractivity contribution in [3.63, 3.8) is 0 Å². The average molecular weight is 447 g/mol. The first-order valence-electron chi connectivity index (χ1n) is 12.6. The van der Waals surface area contributed by atoms with Crippen molar-refractivity contribution in [2.75, 3.05) is 4.90 Å². The number of aromatic nitrogens is 1. The van der Waals surface area contributed by atoms with E-state index in [4.69, 9.17) is 4.98 Å². The van der Waals surface area contributed by atoms with Crippen molar-refractivity contribution in [1.82, 2.24) is 4.98 Å². The molecule has 164 valence electrons. The molecule has 0 unspecified atom stereocenters. The smallest absolute Gasteiger partial charge is 0.0688 e. The van der Waals surface area contributed by atoms with Crippen LogP contribution in [0.3, 0.4) is 0 Å². The van der Waals surface area contributed by atoms with Crippen molar-refractivity contribution in [2.24, 2.45) is 0 Å². The highest BCUT2D eigenvalue weighted by Gasteiger charge is 2.36. The summed E-state index contributed by atoms with van der Waals surface area (Å²) in [5, 5.41) is 0. The lowest BCUT2D eigenvalue weighted by atomic mass is 9.84. The van der Waals surface area contributed by atoms with E-state index in [2.05, 4.69) is 83.8 Å². The van der Waals surface area contributed by atoms with E-state index in [0.717, 1.165) is 25.7 Å². The zero-order chi connectivity index (χ0) is 22.7. The molecule has 1 aromatic heterocycles. The molecule has 2 aliphatic heterocycles. The Morgan fingerprint density at radius 1 is 0.514 bits per heavy atom. The summed E-state index contributed by atoms with van der Waals surface area (Å²) in [6.07, 6.45) is 5.93. The number of hydrogen-bond donors (Lipinski definition) is 0. The third-order valence-electron chi connectivity index (χ3n) is 8.62. The Kier molecular flexibility index (Phi) is 3.27. The molecule has 3 heterocycles. The average Bonchev–Trinajstić information content (AvgIpc) is 3.47. The second-order valence-electron chi connectivity index (χ2n) is 10.3. The predicted molar refractivity (Wildman–Crippen MR) is 141 cm³/mol. The number of fused-ring (bicyclic) bond motifs is 12. The molecule has 4 aromatic carbocycles. The van der Waals surface area contributed by atoms with Gasteiger partial charge in [0.25, 0.3) is 0 Å². The minimum Gasteiger partial charge on any atom is -0.308 e. The van der Waals surface area contributed by atoms with Crippen LogP contribution in [0, 0.1) is 0 Å². The van der Waals surface area contributed by atoms with E-state index in [1.165, 1.54) is 72.8 Å². The van der Waals surface area contributed by atoms with Crippen LogP contribution in [0.15, 0.2) is 85.1 Å². The maximum absolute atomic E-state index is 4.77. The van der Waals surface area contributed by atoms with Crippen LogP contribution in [0.5, 0.6) is 0 Å². The largest absolute Gasteiger partial charge is 0.308 e. The number of pyridine rings is 1. The van der Waals surface area contributed by atoms with E-state index in [9.17, 15) is 0 Å². The van der Waals surface area contributed by atoms with Crippen LogP contribution >= 0.6 is 0 Å². The van der Waals surface area contributed by atoms with Gasteiger partial charge in [0.1, 0.15) is 0 Å².